The van der Waals surface area contributed by atoms with Crippen LogP contribution in [0.4, 0.5) is 0 Å². The first-order valence-electron chi connectivity index (χ1n) is 18.7. The molecule has 53 heavy (non-hydrogen) atoms. The Kier molecular flexibility index (Phi) is 8.52. The highest BCUT2D eigenvalue weighted by Crippen LogP contribution is 2.60. The Morgan fingerprint density at radius 1 is 0.472 bits per heavy atom. The zero-order valence-corrected chi connectivity index (χ0v) is 31.1. The standard InChI is InChI=1S/C48H42N3OP/c1-53(2,52)44-29-22-37(23-30-44)36-18-25-41(26-19-36)48(32-33-13-24-43(48)31-33)42-27-20-40(21-28-42)47-50-45(38-11-7-4-8-12-38)49-46(51-47)39-16-14-35(15-17-39)34-9-5-3-6-10-34/h3-12,14-23,25-30,33,43H,13,24,31-32H2,1-2H3. The number of hydrogen-bond donors (Lipinski definition) is 0. The summed E-state index contributed by atoms with van der Waals surface area (Å²) in [6.45, 7) is 3.65. The van der Waals surface area contributed by atoms with Crippen LogP contribution in [0.2, 0.25) is 0 Å². The van der Waals surface area contributed by atoms with Crippen molar-refractivity contribution in [1.82, 2.24) is 15.0 Å². The number of fused-ring (bicyclic) bond motifs is 2. The zero-order chi connectivity index (χ0) is 36.0. The molecule has 2 bridgehead atoms. The van der Waals surface area contributed by atoms with Gasteiger partial charge in [-0.1, -0.05) is 164 Å². The lowest BCUT2D eigenvalue weighted by atomic mass is 9.64. The van der Waals surface area contributed by atoms with Crippen LogP contribution in [0.1, 0.15) is 36.8 Å². The van der Waals surface area contributed by atoms with E-state index in [0.717, 1.165) is 39.0 Å². The Balaban J connectivity index is 1.06. The summed E-state index contributed by atoms with van der Waals surface area (Å²) in [7, 11) is -2.28. The van der Waals surface area contributed by atoms with Gasteiger partial charge in [0.15, 0.2) is 17.5 Å². The van der Waals surface area contributed by atoms with Crippen LogP contribution in [0.25, 0.3) is 56.4 Å². The molecule has 0 saturated heterocycles. The van der Waals surface area contributed by atoms with Crippen molar-refractivity contribution >= 4 is 12.4 Å². The van der Waals surface area contributed by atoms with E-state index in [9.17, 15) is 4.57 Å². The quantitative estimate of drug-likeness (QED) is 0.148. The molecule has 5 heteroatoms. The van der Waals surface area contributed by atoms with Crippen LogP contribution in [0, 0.1) is 11.8 Å². The number of nitrogens with zero attached hydrogens (tertiary/aromatic N) is 3. The Morgan fingerprint density at radius 2 is 0.849 bits per heavy atom. The lowest BCUT2D eigenvalue weighted by molar-refractivity contribution is 0.320. The maximum absolute atomic E-state index is 12.6. The van der Waals surface area contributed by atoms with Crippen LogP contribution in [0.3, 0.4) is 0 Å². The number of rotatable bonds is 8. The van der Waals surface area contributed by atoms with Crippen LogP contribution in [-0.2, 0) is 9.98 Å². The van der Waals surface area contributed by atoms with Crippen molar-refractivity contribution in [2.24, 2.45) is 11.8 Å². The van der Waals surface area contributed by atoms with Gasteiger partial charge in [0.1, 0.15) is 7.14 Å². The van der Waals surface area contributed by atoms with Crippen LogP contribution >= 0.6 is 7.14 Å². The van der Waals surface area contributed by atoms with Gasteiger partial charge < -0.3 is 4.57 Å². The molecule has 2 aliphatic carbocycles. The maximum atomic E-state index is 12.6. The van der Waals surface area contributed by atoms with Crippen molar-refractivity contribution in [1.29, 1.82) is 0 Å². The van der Waals surface area contributed by atoms with Crippen molar-refractivity contribution in [3.05, 3.63) is 169 Å². The van der Waals surface area contributed by atoms with Gasteiger partial charge in [-0.25, -0.2) is 15.0 Å². The molecule has 0 radical (unpaired) electrons. The summed E-state index contributed by atoms with van der Waals surface area (Å²) in [6, 6.07) is 55.7. The molecule has 0 amide bonds. The first-order chi connectivity index (χ1) is 25.8. The molecule has 0 N–H and O–H groups in total. The van der Waals surface area contributed by atoms with Gasteiger partial charge in [-0.3, -0.25) is 0 Å². The van der Waals surface area contributed by atoms with Crippen LogP contribution in [0.15, 0.2) is 158 Å². The van der Waals surface area contributed by atoms with E-state index >= 15 is 0 Å². The van der Waals surface area contributed by atoms with Crippen molar-refractivity contribution in [2.75, 3.05) is 13.3 Å². The average molecular weight is 708 g/mol. The van der Waals surface area contributed by atoms with Gasteiger partial charge in [-0.15, -0.1) is 0 Å². The Bertz CT molecular complexity index is 2420. The molecule has 0 aliphatic heterocycles. The minimum atomic E-state index is -2.28. The summed E-state index contributed by atoms with van der Waals surface area (Å²) in [6.07, 6.45) is 5.07. The van der Waals surface area contributed by atoms with Crippen molar-refractivity contribution < 1.29 is 4.57 Å². The molecule has 1 aromatic heterocycles. The normalized spacial score (nSPS) is 19.4. The first kappa shape index (κ1) is 33.4. The zero-order valence-electron chi connectivity index (χ0n) is 30.2. The largest absolute Gasteiger partial charge is 0.319 e. The fourth-order valence-electron chi connectivity index (χ4n) is 8.89. The third-order valence-corrected chi connectivity index (χ3v) is 13.2. The summed E-state index contributed by atoms with van der Waals surface area (Å²) < 4.78 is 12.6. The summed E-state index contributed by atoms with van der Waals surface area (Å²) in [5.41, 5.74) is 10.3. The van der Waals surface area contributed by atoms with E-state index in [2.05, 4.69) is 121 Å². The van der Waals surface area contributed by atoms with E-state index in [1.165, 1.54) is 47.9 Å². The predicted molar refractivity (Wildman–Crippen MR) is 219 cm³/mol. The Morgan fingerprint density at radius 3 is 1.28 bits per heavy atom. The minimum Gasteiger partial charge on any atom is -0.319 e. The predicted octanol–water partition coefficient (Wildman–Crippen LogP) is 11.6. The monoisotopic (exact) mass is 707 g/mol. The van der Waals surface area contributed by atoms with Gasteiger partial charge >= 0.3 is 0 Å². The van der Waals surface area contributed by atoms with Crippen molar-refractivity contribution in [3.63, 3.8) is 0 Å². The molecule has 7 aromatic rings. The third kappa shape index (κ3) is 6.36. The number of aromatic nitrogens is 3. The molecule has 2 saturated carbocycles. The molecular formula is C48H42N3OP. The second-order valence-electron chi connectivity index (χ2n) is 15.2. The Labute approximate surface area is 312 Å². The fourth-order valence-corrected chi connectivity index (χ4v) is 9.75. The van der Waals surface area contributed by atoms with Crippen molar-refractivity contribution in [2.45, 2.75) is 31.1 Å². The van der Waals surface area contributed by atoms with E-state index in [-0.39, 0.29) is 5.41 Å². The third-order valence-electron chi connectivity index (χ3n) is 11.6. The topological polar surface area (TPSA) is 55.7 Å². The molecule has 1 heterocycles. The van der Waals surface area contributed by atoms with E-state index in [1.807, 2.05) is 49.7 Å². The molecule has 2 fully saturated rings. The number of hydrogen-bond acceptors (Lipinski definition) is 4. The van der Waals surface area contributed by atoms with Crippen LogP contribution < -0.4 is 5.30 Å². The lowest BCUT2D eigenvalue weighted by Crippen LogP contribution is -2.34. The fraction of sp³-hybridized carbons (Fsp3) is 0.188. The summed E-state index contributed by atoms with van der Waals surface area (Å²) in [5, 5.41) is 0.921. The molecule has 6 aromatic carbocycles. The van der Waals surface area contributed by atoms with Crippen LogP contribution in [0.5, 0.6) is 0 Å². The summed E-state index contributed by atoms with van der Waals surface area (Å²) in [4.78, 5) is 15.1. The molecule has 260 valence electrons. The molecule has 4 nitrogen and oxygen atoms in total. The molecular weight excluding hydrogens is 666 g/mol. The second-order valence-corrected chi connectivity index (χ2v) is 18.4. The van der Waals surface area contributed by atoms with Gasteiger partial charge in [-0.2, -0.15) is 0 Å². The van der Waals surface area contributed by atoms with Gasteiger partial charge in [0.2, 0.25) is 0 Å². The van der Waals surface area contributed by atoms with E-state index < -0.39 is 7.14 Å². The number of benzene rings is 6. The second kappa shape index (κ2) is 13.5. The van der Waals surface area contributed by atoms with Gasteiger partial charge in [0, 0.05) is 27.4 Å². The average Bonchev–Trinajstić information content (AvgIpc) is 3.84. The van der Waals surface area contributed by atoms with Crippen molar-refractivity contribution in [3.8, 4) is 56.4 Å². The molecule has 3 atom stereocenters. The van der Waals surface area contributed by atoms with Gasteiger partial charge in [0.05, 0.1) is 0 Å². The SMILES string of the molecule is CP(C)(=O)c1ccc(-c2ccc(C3(c4ccc(-c5nc(-c6ccccc6)nc(-c6ccc(-c7ccccc7)cc6)n5)cc4)CC4CCC3C4)cc2)cc1. The molecule has 3 unspecified atom stereocenters. The highest BCUT2D eigenvalue weighted by molar-refractivity contribution is 7.70. The van der Waals surface area contributed by atoms with E-state index in [1.54, 1.807) is 0 Å². The van der Waals surface area contributed by atoms with Crippen LogP contribution in [-0.4, -0.2) is 28.3 Å². The summed E-state index contributed by atoms with van der Waals surface area (Å²) in [5.74, 6) is 3.39. The first-order valence-corrected chi connectivity index (χ1v) is 21.3. The lowest BCUT2D eigenvalue weighted by Gasteiger charge is -2.39. The Hall–Kier alpha value is -5.44. The highest BCUT2D eigenvalue weighted by atomic mass is 31.2. The molecule has 9 rings (SSSR count). The molecule has 2 aliphatic rings. The molecule has 0 spiro atoms. The van der Waals surface area contributed by atoms with Gasteiger partial charge in [0.25, 0.3) is 0 Å². The van der Waals surface area contributed by atoms with E-state index in [0.29, 0.717) is 23.4 Å². The minimum absolute atomic E-state index is 0.0130. The maximum Gasteiger partial charge on any atom is 0.164 e. The highest BCUT2D eigenvalue weighted by Gasteiger charge is 2.52. The smallest absolute Gasteiger partial charge is 0.164 e. The van der Waals surface area contributed by atoms with E-state index in [4.69, 9.17) is 15.0 Å². The van der Waals surface area contributed by atoms with Gasteiger partial charge in [-0.05, 0) is 77.8 Å². The summed E-state index contributed by atoms with van der Waals surface area (Å²) >= 11 is 0.